The van der Waals surface area contributed by atoms with Gasteiger partial charge in [-0.3, -0.25) is 9.59 Å². The molecular formula is C20H27N3O3S. The van der Waals surface area contributed by atoms with Gasteiger partial charge in [0.25, 0.3) is 0 Å². The van der Waals surface area contributed by atoms with Crippen molar-refractivity contribution in [2.45, 2.75) is 57.4 Å². The Morgan fingerprint density at radius 2 is 1.89 bits per heavy atom. The number of methoxy groups -OCH3 is 1. The molecule has 5 fully saturated rings. The summed E-state index contributed by atoms with van der Waals surface area (Å²) in [4.78, 5) is 32.6. The van der Waals surface area contributed by atoms with Crippen LogP contribution in [0.1, 0.15) is 51.4 Å². The zero-order valence-corrected chi connectivity index (χ0v) is 16.6. The third kappa shape index (κ3) is 2.94. The van der Waals surface area contributed by atoms with Crippen molar-refractivity contribution in [1.29, 1.82) is 0 Å². The second-order valence-electron chi connectivity index (χ2n) is 9.03. The SMILES string of the molecule is COc1cnc(NC(=O)[C@H]2CCCN2C(=O)C23CC4CC(CC(C4)C2)C3)s1. The first kappa shape index (κ1) is 17.5. The third-order valence-electron chi connectivity index (χ3n) is 7.22. The van der Waals surface area contributed by atoms with E-state index in [9.17, 15) is 9.59 Å². The molecule has 1 atom stereocenters. The Hall–Kier alpha value is -1.63. The number of hydrogen-bond acceptors (Lipinski definition) is 5. The molecule has 2 amide bonds. The van der Waals surface area contributed by atoms with Crippen LogP contribution in [-0.4, -0.2) is 41.4 Å². The Bertz CT molecular complexity index is 726. The van der Waals surface area contributed by atoms with Gasteiger partial charge in [-0.05, 0) is 69.1 Å². The molecule has 0 spiro atoms. The van der Waals surface area contributed by atoms with Gasteiger partial charge in [0.05, 0.1) is 18.7 Å². The highest BCUT2D eigenvalue weighted by molar-refractivity contribution is 7.17. The minimum absolute atomic E-state index is 0.109. The Morgan fingerprint density at radius 3 is 2.48 bits per heavy atom. The van der Waals surface area contributed by atoms with Crippen LogP contribution >= 0.6 is 11.3 Å². The van der Waals surface area contributed by atoms with Crippen LogP contribution < -0.4 is 10.1 Å². The van der Waals surface area contributed by atoms with Gasteiger partial charge in [0, 0.05) is 6.54 Å². The molecule has 146 valence electrons. The number of ether oxygens (including phenoxy) is 1. The van der Waals surface area contributed by atoms with Gasteiger partial charge in [-0.25, -0.2) is 4.98 Å². The van der Waals surface area contributed by atoms with E-state index in [1.54, 1.807) is 13.3 Å². The minimum atomic E-state index is -0.361. The lowest BCUT2D eigenvalue weighted by molar-refractivity contribution is -0.160. The largest absolute Gasteiger partial charge is 0.486 e. The fraction of sp³-hybridized carbons (Fsp3) is 0.750. The highest BCUT2D eigenvalue weighted by atomic mass is 32.1. The molecule has 1 aromatic heterocycles. The van der Waals surface area contributed by atoms with Crippen molar-refractivity contribution < 1.29 is 14.3 Å². The van der Waals surface area contributed by atoms with Crippen LogP contribution in [0.4, 0.5) is 5.13 Å². The van der Waals surface area contributed by atoms with Gasteiger partial charge in [-0.1, -0.05) is 11.3 Å². The van der Waals surface area contributed by atoms with Crippen molar-refractivity contribution in [2.24, 2.45) is 23.2 Å². The molecule has 0 unspecified atom stereocenters. The van der Waals surface area contributed by atoms with Gasteiger partial charge in [-0.2, -0.15) is 0 Å². The van der Waals surface area contributed by atoms with E-state index in [2.05, 4.69) is 10.3 Å². The zero-order valence-electron chi connectivity index (χ0n) is 15.8. The molecule has 0 radical (unpaired) electrons. The van der Waals surface area contributed by atoms with Crippen LogP contribution in [0, 0.1) is 23.2 Å². The van der Waals surface area contributed by atoms with Gasteiger partial charge in [0.2, 0.25) is 11.8 Å². The predicted molar refractivity (Wildman–Crippen MR) is 103 cm³/mol. The molecule has 0 aromatic carbocycles. The van der Waals surface area contributed by atoms with E-state index in [0.29, 0.717) is 16.7 Å². The number of rotatable bonds is 4. The number of anilines is 1. The van der Waals surface area contributed by atoms with Gasteiger partial charge in [-0.15, -0.1) is 0 Å². The van der Waals surface area contributed by atoms with Crippen LogP contribution in [0.15, 0.2) is 6.20 Å². The van der Waals surface area contributed by atoms with E-state index in [1.165, 1.54) is 30.6 Å². The summed E-state index contributed by atoms with van der Waals surface area (Å²) in [5.41, 5.74) is -0.179. The molecular weight excluding hydrogens is 362 g/mol. The smallest absolute Gasteiger partial charge is 0.248 e. The molecule has 6 rings (SSSR count). The van der Waals surface area contributed by atoms with Crippen molar-refractivity contribution >= 4 is 28.3 Å². The summed E-state index contributed by atoms with van der Waals surface area (Å²) in [6.07, 6.45) is 10.4. The fourth-order valence-electron chi connectivity index (χ4n) is 6.56. The minimum Gasteiger partial charge on any atom is -0.486 e. The molecule has 4 saturated carbocycles. The number of thiazole rings is 1. The van der Waals surface area contributed by atoms with Crippen molar-refractivity contribution in [3.8, 4) is 5.06 Å². The first-order chi connectivity index (χ1) is 13.1. The second-order valence-corrected chi connectivity index (χ2v) is 10.0. The molecule has 5 aliphatic rings. The average molecular weight is 390 g/mol. The maximum atomic E-state index is 13.6. The van der Waals surface area contributed by atoms with Crippen molar-refractivity contribution in [3.63, 3.8) is 0 Å². The summed E-state index contributed by atoms with van der Waals surface area (Å²) in [6, 6.07) is -0.361. The molecule has 4 aliphatic carbocycles. The van der Waals surface area contributed by atoms with E-state index in [0.717, 1.165) is 49.9 Å². The van der Waals surface area contributed by atoms with E-state index in [-0.39, 0.29) is 23.3 Å². The average Bonchev–Trinajstić information content (AvgIpc) is 3.29. The van der Waals surface area contributed by atoms with E-state index < -0.39 is 0 Å². The van der Waals surface area contributed by atoms with Gasteiger partial charge >= 0.3 is 0 Å². The van der Waals surface area contributed by atoms with Crippen LogP contribution in [0.5, 0.6) is 5.06 Å². The van der Waals surface area contributed by atoms with Crippen molar-refractivity contribution in [2.75, 3.05) is 19.0 Å². The van der Waals surface area contributed by atoms with E-state index in [1.807, 2.05) is 4.90 Å². The van der Waals surface area contributed by atoms with Gasteiger partial charge < -0.3 is 15.0 Å². The van der Waals surface area contributed by atoms with Crippen LogP contribution in [0.2, 0.25) is 0 Å². The van der Waals surface area contributed by atoms with Crippen LogP contribution in [0.3, 0.4) is 0 Å². The maximum absolute atomic E-state index is 13.6. The normalized spacial score (nSPS) is 36.9. The van der Waals surface area contributed by atoms with Crippen molar-refractivity contribution in [3.05, 3.63) is 6.20 Å². The lowest BCUT2D eigenvalue weighted by Gasteiger charge is -2.56. The maximum Gasteiger partial charge on any atom is 0.248 e. The molecule has 4 bridgehead atoms. The Kier molecular flexibility index (Phi) is 4.18. The molecule has 2 heterocycles. The number of likely N-dealkylation sites (tertiary alicyclic amines) is 1. The summed E-state index contributed by atoms with van der Waals surface area (Å²) in [7, 11) is 1.59. The molecule has 1 N–H and O–H groups in total. The quantitative estimate of drug-likeness (QED) is 0.858. The van der Waals surface area contributed by atoms with Gasteiger partial charge in [0.15, 0.2) is 10.2 Å². The lowest BCUT2D eigenvalue weighted by atomic mass is 9.49. The molecule has 1 aromatic rings. The predicted octanol–water partition coefficient (Wildman–Crippen LogP) is 3.30. The first-order valence-electron chi connectivity index (χ1n) is 10.2. The van der Waals surface area contributed by atoms with Crippen LogP contribution in [0.25, 0.3) is 0 Å². The monoisotopic (exact) mass is 389 g/mol. The number of carbonyl (C=O) groups excluding carboxylic acids is 2. The molecule has 7 heteroatoms. The Morgan fingerprint density at radius 1 is 1.22 bits per heavy atom. The van der Waals surface area contributed by atoms with E-state index >= 15 is 0 Å². The van der Waals surface area contributed by atoms with E-state index in [4.69, 9.17) is 4.74 Å². The molecule has 27 heavy (non-hydrogen) atoms. The number of amides is 2. The molecule has 1 saturated heterocycles. The number of aromatic nitrogens is 1. The summed E-state index contributed by atoms with van der Waals surface area (Å²) in [5, 5.41) is 4.09. The van der Waals surface area contributed by atoms with Gasteiger partial charge in [0.1, 0.15) is 6.04 Å². The zero-order chi connectivity index (χ0) is 18.6. The fourth-order valence-corrected chi connectivity index (χ4v) is 7.20. The highest BCUT2D eigenvalue weighted by Crippen LogP contribution is 2.60. The summed E-state index contributed by atoms with van der Waals surface area (Å²) in [6.45, 7) is 0.708. The Balaban J connectivity index is 1.32. The lowest BCUT2D eigenvalue weighted by Crippen LogP contribution is -2.56. The summed E-state index contributed by atoms with van der Waals surface area (Å²) < 4.78 is 5.14. The first-order valence-corrected chi connectivity index (χ1v) is 11.0. The molecule has 1 aliphatic heterocycles. The standard InChI is InChI=1S/C20H27N3O3S/c1-26-16-11-21-19(27-16)22-17(24)15-3-2-4-23(15)18(25)20-8-12-5-13(9-20)7-14(6-12)10-20/h11-15H,2-10H2,1H3,(H,21,22,24)/t12?,13?,14?,15-,20?/m1/s1. The third-order valence-corrected chi connectivity index (χ3v) is 8.10. The number of nitrogens with zero attached hydrogens (tertiary/aromatic N) is 2. The molecule has 6 nitrogen and oxygen atoms in total. The Labute approximate surface area is 163 Å². The topological polar surface area (TPSA) is 71.5 Å². The van der Waals surface area contributed by atoms with Crippen LogP contribution in [-0.2, 0) is 9.59 Å². The summed E-state index contributed by atoms with van der Waals surface area (Å²) in [5.74, 6) is 2.35. The second kappa shape index (κ2) is 6.47. The number of hydrogen-bond donors (Lipinski definition) is 1. The summed E-state index contributed by atoms with van der Waals surface area (Å²) >= 11 is 1.31. The highest BCUT2D eigenvalue weighted by Gasteiger charge is 2.56. The van der Waals surface area contributed by atoms with Crippen molar-refractivity contribution in [1.82, 2.24) is 9.88 Å². The number of carbonyl (C=O) groups is 2. The number of nitrogens with one attached hydrogen (secondary N) is 1.